The summed E-state index contributed by atoms with van der Waals surface area (Å²) in [6, 6.07) is 0. The standard InChI is InChI=1S/C14H15F7O2/c1-5-6-4-7(11(6,2)3)8(9(5)22)10(23)12(15,16)13(17,18)14(19,20)21/h5-7,23H,4H2,1-3H3/b10-8-. The number of rotatable bonds is 2. The molecular formula is C14H15F7O2. The molecule has 0 spiro atoms. The van der Waals surface area contributed by atoms with Crippen LogP contribution >= 0.6 is 0 Å². The number of fused-ring (bicyclic) bond motifs is 2. The van der Waals surface area contributed by atoms with Crippen molar-refractivity contribution in [1.82, 2.24) is 0 Å². The number of carbonyl (C=O) groups is 1. The molecule has 0 aliphatic heterocycles. The zero-order valence-corrected chi connectivity index (χ0v) is 12.4. The molecule has 3 saturated carbocycles. The minimum absolute atomic E-state index is 0.187. The number of Topliss-reactive ketones (excluding diaryl/α,β-unsaturated/α-hetero) is 1. The van der Waals surface area contributed by atoms with E-state index >= 15 is 0 Å². The van der Waals surface area contributed by atoms with Gasteiger partial charge in [-0.2, -0.15) is 30.7 Å². The van der Waals surface area contributed by atoms with Gasteiger partial charge in [0, 0.05) is 11.5 Å². The first-order chi connectivity index (χ1) is 10.1. The van der Waals surface area contributed by atoms with Crippen molar-refractivity contribution in [2.45, 2.75) is 45.2 Å². The van der Waals surface area contributed by atoms with Crippen LogP contribution in [0.25, 0.3) is 0 Å². The Bertz CT molecular complexity index is 574. The lowest BCUT2D eigenvalue weighted by molar-refractivity contribution is -0.350. The zero-order chi connectivity index (χ0) is 18.2. The predicted molar refractivity (Wildman–Crippen MR) is 65.2 cm³/mol. The molecule has 2 nitrogen and oxygen atoms in total. The largest absolute Gasteiger partial charge is 0.506 e. The van der Waals surface area contributed by atoms with E-state index in [9.17, 15) is 40.6 Å². The average molecular weight is 348 g/mol. The maximum absolute atomic E-state index is 13.7. The zero-order valence-electron chi connectivity index (χ0n) is 12.4. The normalized spacial score (nSPS) is 33.3. The van der Waals surface area contributed by atoms with Crippen molar-refractivity contribution >= 4 is 5.78 Å². The average Bonchev–Trinajstić information content (AvgIpc) is 2.38. The van der Waals surface area contributed by atoms with Crippen LogP contribution in [0.15, 0.2) is 11.3 Å². The molecule has 9 heteroatoms. The summed E-state index contributed by atoms with van der Waals surface area (Å²) in [5.74, 6) is -17.8. The Hall–Kier alpha value is -1.28. The molecule has 0 aromatic rings. The van der Waals surface area contributed by atoms with Gasteiger partial charge in [-0.1, -0.05) is 20.8 Å². The molecule has 3 unspecified atom stereocenters. The van der Waals surface area contributed by atoms with E-state index in [1.807, 2.05) is 0 Å². The summed E-state index contributed by atoms with van der Waals surface area (Å²) < 4.78 is 90.3. The van der Waals surface area contributed by atoms with Crippen molar-refractivity contribution in [3.63, 3.8) is 0 Å². The molecule has 1 N–H and O–H groups in total. The highest BCUT2D eigenvalue weighted by Crippen LogP contribution is 2.63. The van der Waals surface area contributed by atoms with Gasteiger partial charge >= 0.3 is 18.0 Å². The maximum Gasteiger partial charge on any atom is 0.460 e. The van der Waals surface area contributed by atoms with Gasteiger partial charge in [-0.25, -0.2) is 0 Å². The molecule has 3 fully saturated rings. The van der Waals surface area contributed by atoms with Crippen molar-refractivity contribution in [2.24, 2.45) is 23.2 Å². The van der Waals surface area contributed by atoms with Gasteiger partial charge in [0.1, 0.15) is 0 Å². The van der Waals surface area contributed by atoms with Gasteiger partial charge in [-0.3, -0.25) is 4.79 Å². The van der Waals surface area contributed by atoms with E-state index in [4.69, 9.17) is 0 Å². The fourth-order valence-electron chi connectivity index (χ4n) is 3.67. The molecular weight excluding hydrogens is 333 g/mol. The van der Waals surface area contributed by atoms with Crippen molar-refractivity contribution in [1.29, 1.82) is 0 Å². The topological polar surface area (TPSA) is 37.3 Å². The predicted octanol–water partition coefficient (Wildman–Crippen LogP) is 4.51. The van der Waals surface area contributed by atoms with Crippen LogP contribution in [0.4, 0.5) is 30.7 Å². The molecule has 3 atom stereocenters. The van der Waals surface area contributed by atoms with Crippen LogP contribution in [-0.2, 0) is 4.79 Å². The summed E-state index contributed by atoms with van der Waals surface area (Å²) in [7, 11) is 0. The SMILES string of the molecule is CC1C(=O)/C(=C(\O)C(F)(F)C(F)(F)C(F)(F)F)C2CC1C2(C)C. The molecule has 0 aromatic carbocycles. The second-order valence-electron chi connectivity index (χ2n) is 6.78. The quantitative estimate of drug-likeness (QED) is 0.453. The molecule has 0 heterocycles. The Labute approximate surface area is 127 Å². The third-order valence-electron chi connectivity index (χ3n) is 5.28. The van der Waals surface area contributed by atoms with Gasteiger partial charge in [0.25, 0.3) is 0 Å². The summed E-state index contributed by atoms with van der Waals surface area (Å²) in [4.78, 5) is 12.0. The van der Waals surface area contributed by atoms with Gasteiger partial charge in [0.15, 0.2) is 11.5 Å². The summed E-state index contributed by atoms with van der Waals surface area (Å²) in [6.07, 6.45) is -6.38. The fraction of sp³-hybridized carbons (Fsp3) is 0.786. The first kappa shape index (κ1) is 18.1. The lowest BCUT2D eigenvalue weighted by Crippen LogP contribution is -2.59. The summed E-state index contributed by atoms with van der Waals surface area (Å²) in [6.45, 7) is 4.58. The number of halogens is 7. The van der Waals surface area contributed by atoms with Crippen molar-refractivity contribution in [3.05, 3.63) is 11.3 Å². The van der Waals surface area contributed by atoms with Crippen LogP contribution in [0.1, 0.15) is 27.2 Å². The Kier molecular flexibility index (Phi) is 3.64. The molecule has 3 aliphatic rings. The highest BCUT2D eigenvalue weighted by atomic mass is 19.4. The van der Waals surface area contributed by atoms with Crippen LogP contribution in [-0.4, -0.2) is 28.9 Å². The highest BCUT2D eigenvalue weighted by molar-refractivity contribution is 6.00. The second kappa shape index (κ2) is 4.63. The lowest BCUT2D eigenvalue weighted by atomic mass is 9.44. The summed E-state index contributed by atoms with van der Waals surface area (Å²) >= 11 is 0. The van der Waals surface area contributed by atoms with E-state index in [-0.39, 0.29) is 12.3 Å². The van der Waals surface area contributed by atoms with E-state index < -0.39 is 52.4 Å². The van der Waals surface area contributed by atoms with Crippen molar-refractivity contribution in [3.8, 4) is 0 Å². The van der Waals surface area contributed by atoms with Gasteiger partial charge in [0.2, 0.25) is 0 Å². The fourth-order valence-corrected chi connectivity index (χ4v) is 3.67. The first-order valence-electron chi connectivity index (χ1n) is 6.88. The number of aliphatic hydroxyl groups excluding tert-OH is 1. The molecule has 2 bridgehead atoms. The second-order valence-corrected chi connectivity index (χ2v) is 6.78. The third kappa shape index (κ3) is 2.11. The van der Waals surface area contributed by atoms with Gasteiger partial charge in [-0.05, 0) is 23.7 Å². The van der Waals surface area contributed by atoms with Gasteiger partial charge in [0.05, 0.1) is 0 Å². The van der Waals surface area contributed by atoms with Crippen LogP contribution in [0.2, 0.25) is 0 Å². The third-order valence-corrected chi connectivity index (χ3v) is 5.28. The minimum Gasteiger partial charge on any atom is -0.506 e. The van der Waals surface area contributed by atoms with E-state index in [1.54, 1.807) is 13.8 Å². The number of hydrogen-bond donors (Lipinski definition) is 1. The summed E-state index contributed by atoms with van der Waals surface area (Å²) in [5.41, 5.74) is -1.74. The molecule has 0 amide bonds. The number of ketones is 1. The molecule has 0 radical (unpaired) electrons. The van der Waals surface area contributed by atoms with Crippen LogP contribution in [0.3, 0.4) is 0 Å². The molecule has 0 aromatic heterocycles. The minimum atomic E-state index is -6.56. The highest BCUT2D eigenvalue weighted by Gasteiger charge is 2.76. The number of carbonyl (C=O) groups excluding carboxylic acids is 1. The molecule has 23 heavy (non-hydrogen) atoms. The van der Waals surface area contributed by atoms with Gasteiger partial charge < -0.3 is 5.11 Å². The Morgan fingerprint density at radius 1 is 1.13 bits per heavy atom. The van der Waals surface area contributed by atoms with Crippen LogP contribution < -0.4 is 0 Å². The Morgan fingerprint density at radius 2 is 1.61 bits per heavy atom. The number of alkyl halides is 7. The Balaban J connectivity index is 2.58. The molecule has 3 rings (SSSR count). The smallest absolute Gasteiger partial charge is 0.460 e. The Morgan fingerprint density at radius 3 is 2.00 bits per heavy atom. The maximum atomic E-state index is 13.7. The number of hydrogen-bond acceptors (Lipinski definition) is 2. The van der Waals surface area contributed by atoms with E-state index in [2.05, 4.69) is 0 Å². The van der Waals surface area contributed by atoms with Crippen LogP contribution in [0.5, 0.6) is 0 Å². The van der Waals surface area contributed by atoms with E-state index in [0.29, 0.717) is 0 Å². The van der Waals surface area contributed by atoms with Gasteiger partial charge in [-0.15, -0.1) is 0 Å². The number of aliphatic hydroxyl groups is 1. The molecule has 132 valence electrons. The molecule has 3 aliphatic carbocycles. The number of allylic oxidation sites excluding steroid dienone is 2. The first-order valence-corrected chi connectivity index (χ1v) is 6.88. The van der Waals surface area contributed by atoms with E-state index in [1.165, 1.54) is 6.92 Å². The monoisotopic (exact) mass is 348 g/mol. The van der Waals surface area contributed by atoms with Crippen molar-refractivity contribution in [2.75, 3.05) is 0 Å². The van der Waals surface area contributed by atoms with Crippen LogP contribution in [0, 0.1) is 23.2 Å². The lowest BCUT2D eigenvalue weighted by Gasteiger charge is -2.59. The van der Waals surface area contributed by atoms with Crippen molar-refractivity contribution < 1.29 is 40.6 Å². The molecule has 0 saturated heterocycles. The van der Waals surface area contributed by atoms with E-state index in [0.717, 1.165) is 0 Å². The summed E-state index contributed by atoms with van der Waals surface area (Å²) in [5, 5.41) is 9.54.